The summed E-state index contributed by atoms with van der Waals surface area (Å²) in [6.45, 7) is 0.318. The van der Waals surface area contributed by atoms with Crippen molar-refractivity contribution < 1.29 is 20.1 Å². The number of rotatable bonds is 13. The number of carboxylic acids is 1. The van der Waals surface area contributed by atoms with E-state index in [0.717, 1.165) is 51.4 Å². The van der Waals surface area contributed by atoms with Gasteiger partial charge in [-0.05, 0) is 62.7 Å². The molecule has 150 valence electrons. The van der Waals surface area contributed by atoms with E-state index < -0.39 is 5.97 Å². The van der Waals surface area contributed by atoms with E-state index in [-0.39, 0.29) is 12.5 Å². The van der Waals surface area contributed by atoms with Crippen molar-refractivity contribution in [2.24, 2.45) is 17.8 Å². The lowest BCUT2D eigenvalue weighted by atomic mass is 9.86. The van der Waals surface area contributed by atoms with Gasteiger partial charge in [0.15, 0.2) is 0 Å². The zero-order valence-corrected chi connectivity index (χ0v) is 16.2. The van der Waals surface area contributed by atoms with Gasteiger partial charge in [-0.25, -0.2) is 0 Å². The summed E-state index contributed by atoms with van der Waals surface area (Å²) in [7, 11) is 0. The highest BCUT2D eigenvalue weighted by Crippen LogP contribution is 2.51. The number of aliphatic hydroxyl groups excluding tert-OH is 2. The van der Waals surface area contributed by atoms with Crippen LogP contribution in [0.1, 0.15) is 89.9 Å². The van der Waals surface area contributed by atoms with E-state index in [1.807, 2.05) is 0 Å². The molecule has 0 spiro atoms. The molecule has 4 nitrogen and oxygen atoms in total. The van der Waals surface area contributed by atoms with Crippen LogP contribution in [0.4, 0.5) is 0 Å². The van der Waals surface area contributed by atoms with Gasteiger partial charge < -0.3 is 15.3 Å². The molecule has 26 heavy (non-hydrogen) atoms. The minimum Gasteiger partial charge on any atom is -0.481 e. The van der Waals surface area contributed by atoms with E-state index in [9.17, 15) is 9.90 Å². The predicted octanol–water partition coefficient (Wildman–Crippen LogP) is 4.69. The average molecular weight is 367 g/mol. The van der Waals surface area contributed by atoms with Crippen molar-refractivity contribution in [1.82, 2.24) is 0 Å². The molecule has 2 rings (SSSR count). The number of carboxylic acid groups (broad SMARTS) is 1. The molecule has 2 fully saturated rings. The van der Waals surface area contributed by atoms with Crippen molar-refractivity contribution in [2.75, 3.05) is 6.61 Å². The van der Waals surface area contributed by atoms with Gasteiger partial charge in [0.2, 0.25) is 0 Å². The molecule has 4 atom stereocenters. The predicted molar refractivity (Wildman–Crippen MR) is 104 cm³/mol. The minimum atomic E-state index is -0.705. The molecule has 0 aromatic heterocycles. The zero-order chi connectivity index (χ0) is 18.8. The second-order valence-electron chi connectivity index (χ2n) is 8.43. The number of unbranched alkanes of at least 4 members (excludes halogenated alkanes) is 7. The fraction of sp³-hybridized carbons (Fsp3) is 0.864. The van der Waals surface area contributed by atoms with Gasteiger partial charge >= 0.3 is 5.97 Å². The van der Waals surface area contributed by atoms with E-state index >= 15 is 0 Å². The lowest BCUT2D eigenvalue weighted by Gasteiger charge is -2.21. The number of hydrogen-bond acceptors (Lipinski definition) is 3. The molecule has 0 aromatic rings. The number of aliphatic hydroxyl groups is 2. The van der Waals surface area contributed by atoms with Crippen molar-refractivity contribution in [1.29, 1.82) is 0 Å². The molecular weight excluding hydrogens is 328 g/mol. The van der Waals surface area contributed by atoms with Crippen LogP contribution in [0.5, 0.6) is 0 Å². The molecule has 0 aromatic carbocycles. The van der Waals surface area contributed by atoms with E-state index in [0.29, 0.717) is 24.4 Å². The summed E-state index contributed by atoms with van der Waals surface area (Å²) in [6, 6.07) is 0. The summed E-state index contributed by atoms with van der Waals surface area (Å²) >= 11 is 0. The molecule has 0 bridgehead atoms. The van der Waals surface area contributed by atoms with Crippen LogP contribution < -0.4 is 0 Å². The molecule has 2 aliphatic carbocycles. The number of aliphatic carboxylic acids is 1. The van der Waals surface area contributed by atoms with Gasteiger partial charge in [-0.1, -0.05) is 50.2 Å². The Kier molecular flexibility index (Phi) is 9.69. The Labute approximate surface area is 158 Å². The van der Waals surface area contributed by atoms with Gasteiger partial charge in [-0.3, -0.25) is 4.79 Å². The number of allylic oxidation sites excluding steroid dienone is 2. The average Bonchev–Trinajstić information content (AvgIpc) is 3.11. The Bertz CT molecular complexity index is 445. The molecule has 2 aliphatic rings. The Balaban J connectivity index is 1.63. The molecule has 2 saturated carbocycles. The first-order valence-electron chi connectivity index (χ1n) is 10.8. The molecule has 0 unspecified atom stereocenters. The van der Waals surface area contributed by atoms with Gasteiger partial charge in [0.25, 0.3) is 0 Å². The van der Waals surface area contributed by atoms with Crippen molar-refractivity contribution in [2.45, 2.75) is 96.0 Å². The van der Waals surface area contributed by atoms with E-state index in [2.05, 4.69) is 6.08 Å². The van der Waals surface area contributed by atoms with Crippen molar-refractivity contribution >= 4 is 5.97 Å². The second kappa shape index (κ2) is 11.8. The van der Waals surface area contributed by atoms with Gasteiger partial charge in [-0.2, -0.15) is 0 Å². The smallest absolute Gasteiger partial charge is 0.303 e. The Morgan fingerprint density at radius 1 is 1.00 bits per heavy atom. The summed E-state index contributed by atoms with van der Waals surface area (Å²) in [6.07, 6.45) is 16.7. The van der Waals surface area contributed by atoms with Crippen LogP contribution in [0.15, 0.2) is 11.6 Å². The minimum absolute atomic E-state index is 0.108. The monoisotopic (exact) mass is 366 g/mol. The van der Waals surface area contributed by atoms with Crippen molar-refractivity contribution in [3.8, 4) is 0 Å². The highest BCUT2D eigenvalue weighted by molar-refractivity contribution is 5.66. The van der Waals surface area contributed by atoms with E-state index in [1.54, 1.807) is 0 Å². The quantitative estimate of drug-likeness (QED) is 0.326. The van der Waals surface area contributed by atoms with Crippen LogP contribution in [0.2, 0.25) is 0 Å². The van der Waals surface area contributed by atoms with Crippen LogP contribution in [0, 0.1) is 17.8 Å². The maximum Gasteiger partial charge on any atom is 0.303 e. The SMILES string of the molecule is O=C(O)CCC/C=C1/C[C@H]2C[C@@H](O)[C@H](CCCCCCCCCO)[C@H]2C1. The number of carbonyl (C=O) groups is 1. The highest BCUT2D eigenvalue weighted by Gasteiger charge is 2.45. The lowest BCUT2D eigenvalue weighted by Crippen LogP contribution is -2.19. The molecule has 0 heterocycles. The largest absolute Gasteiger partial charge is 0.481 e. The molecular formula is C22H38O4. The second-order valence-corrected chi connectivity index (χ2v) is 8.43. The van der Waals surface area contributed by atoms with Gasteiger partial charge in [0.1, 0.15) is 0 Å². The van der Waals surface area contributed by atoms with Crippen LogP contribution in [0.3, 0.4) is 0 Å². The third-order valence-corrected chi connectivity index (χ3v) is 6.44. The number of hydrogen-bond donors (Lipinski definition) is 3. The highest BCUT2D eigenvalue weighted by atomic mass is 16.4. The molecule has 3 N–H and O–H groups in total. The van der Waals surface area contributed by atoms with E-state index in [1.165, 1.54) is 37.7 Å². The van der Waals surface area contributed by atoms with Crippen molar-refractivity contribution in [3.05, 3.63) is 11.6 Å². The molecule has 0 amide bonds. The van der Waals surface area contributed by atoms with Crippen LogP contribution in [0.25, 0.3) is 0 Å². The molecule has 0 aliphatic heterocycles. The maximum atomic E-state index is 10.6. The first-order chi connectivity index (χ1) is 12.6. The molecule has 4 heteroatoms. The fourth-order valence-electron chi connectivity index (χ4n) is 5.08. The van der Waals surface area contributed by atoms with Crippen molar-refractivity contribution in [3.63, 3.8) is 0 Å². The number of fused-ring (bicyclic) bond motifs is 1. The zero-order valence-electron chi connectivity index (χ0n) is 16.2. The first kappa shape index (κ1) is 21.4. The third-order valence-electron chi connectivity index (χ3n) is 6.44. The van der Waals surface area contributed by atoms with Gasteiger partial charge in [-0.15, -0.1) is 0 Å². The lowest BCUT2D eigenvalue weighted by molar-refractivity contribution is -0.137. The Morgan fingerprint density at radius 3 is 2.38 bits per heavy atom. The van der Waals surface area contributed by atoms with Crippen LogP contribution >= 0.6 is 0 Å². The topological polar surface area (TPSA) is 77.8 Å². The Morgan fingerprint density at radius 2 is 1.69 bits per heavy atom. The fourth-order valence-corrected chi connectivity index (χ4v) is 5.08. The summed E-state index contributed by atoms with van der Waals surface area (Å²) < 4.78 is 0. The summed E-state index contributed by atoms with van der Waals surface area (Å²) in [5.41, 5.74) is 1.51. The summed E-state index contributed by atoms with van der Waals surface area (Å²) in [5, 5.41) is 27.9. The van der Waals surface area contributed by atoms with Crippen LogP contribution in [-0.2, 0) is 4.79 Å². The summed E-state index contributed by atoms with van der Waals surface area (Å²) in [4.78, 5) is 10.6. The van der Waals surface area contributed by atoms with Crippen LogP contribution in [-0.4, -0.2) is 34.0 Å². The third kappa shape index (κ3) is 7.03. The molecule has 0 radical (unpaired) electrons. The Hall–Kier alpha value is -0.870. The maximum absolute atomic E-state index is 10.6. The summed E-state index contributed by atoms with van der Waals surface area (Å²) in [5.74, 6) is 1.07. The first-order valence-corrected chi connectivity index (χ1v) is 10.8. The molecule has 0 saturated heterocycles. The normalized spacial score (nSPS) is 29.4. The van der Waals surface area contributed by atoms with Gasteiger partial charge in [0.05, 0.1) is 6.10 Å². The standard InChI is InChI=1S/C22H38O4/c23-13-9-5-3-1-2-4-6-11-19-20-15-17(10-7-8-12-22(25)26)14-18(20)16-21(19)24/h10,18-21,23-24H,1-9,11-16H2,(H,25,26)/b17-10-/t18-,19+,20-,21+/m0/s1. The van der Waals surface area contributed by atoms with Gasteiger partial charge in [0, 0.05) is 13.0 Å². The van der Waals surface area contributed by atoms with E-state index in [4.69, 9.17) is 10.2 Å².